The van der Waals surface area contributed by atoms with Gasteiger partial charge in [-0.1, -0.05) is 12.1 Å². The zero-order chi connectivity index (χ0) is 18.7. The summed E-state index contributed by atoms with van der Waals surface area (Å²) in [6.45, 7) is 0. The highest BCUT2D eigenvalue weighted by Crippen LogP contribution is 2.27. The minimum atomic E-state index is -4.77. The lowest BCUT2D eigenvalue weighted by Gasteiger charge is -2.20. The van der Waals surface area contributed by atoms with E-state index in [0.717, 1.165) is 25.0 Å². The van der Waals surface area contributed by atoms with Crippen molar-refractivity contribution in [2.45, 2.75) is 31.3 Å². The van der Waals surface area contributed by atoms with Gasteiger partial charge in [-0.15, -0.1) is 13.2 Å². The molecule has 0 spiro atoms. The van der Waals surface area contributed by atoms with Crippen LogP contribution in [0, 0.1) is 5.82 Å². The Kier molecular flexibility index (Phi) is 5.01. The highest BCUT2D eigenvalue weighted by atomic mass is 19.4. The van der Waals surface area contributed by atoms with E-state index >= 15 is 0 Å². The molecule has 8 heteroatoms. The molecule has 1 aliphatic carbocycles. The maximum atomic E-state index is 13.2. The van der Waals surface area contributed by atoms with Crippen LogP contribution in [0.3, 0.4) is 0 Å². The fourth-order valence-electron chi connectivity index (χ4n) is 2.39. The zero-order valence-electron chi connectivity index (χ0n) is 13.5. The van der Waals surface area contributed by atoms with E-state index in [1.165, 1.54) is 36.4 Å². The molecule has 3 rings (SSSR count). The number of benzene rings is 2. The third kappa shape index (κ3) is 5.11. The van der Waals surface area contributed by atoms with Crippen LogP contribution in [-0.4, -0.2) is 18.3 Å². The summed E-state index contributed by atoms with van der Waals surface area (Å²) >= 11 is 0. The van der Waals surface area contributed by atoms with E-state index in [0.29, 0.717) is 11.3 Å². The van der Waals surface area contributed by atoms with Gasteiger partial charge in [-0.2, -0.15) is 0 Å². The molecular formula is C18H16F4N2O2. The molecule has 26 heavy (non-hydrogen) atoms. The standard InChI is InChI=1S/C18H16F4N2O2/c19-12-3-1-11(2-4-12)16(17(25)24-14-5-6-14)23-13-7-9-15(10-8-13)26-18(20,21)22/h1-4,7-10,14,16,23H,5-6H2,(H,24,25)/t16-/m0/s1. The van der Waals surface area contributed by atoms with Crippen LogP contribution in [0.4, 0.5) is 23.2 Å². The van der Waals surface area contributed by atoms with Gasteiger partial charge in [0.1, 0.15) is 17.6 Å². The Balaban J connectivity index is 1.76. The van der Waals surface area contributed by atoms with Crippen molar-refractivity contribution < 1.29 is 27.1 Å². The highest BCUT2D eigenvalue weighted by Gasteiger charge is 2.31. The number of hydrogen-bond donors (Lipinski definition) is 2. The summed E-state index contributed by atoms with van der Waals surface area (Å²) in [6.07, 6.45) is -2.95. The number of halogens is 4. The summed E-state index contributed by atoms with van der Waals surface area (Å²) in [4.78, 5) is 12.5. The Morgan fingerprint density at radius 2 is 1.65 bits per heavy atom. The van der Waals surface area contributed by atoms with Crippen molar-refractivity contribution in [2.75, 3.05) is 5.32 Å². The van der Waals surface area contributed by atoms with Crippen molar-refractivity contribution in [3.05, 3.63) is 59.9 Å². The van der Waals surface area contributed by atoms with Crippen molar-refractivity contribution in [1.29, 1.82) is 0 Å². The first-order valence-corrected chi connectivity index (χ1v) is 7.98. The molecule has 2 aromatic rings. The van der Waals surface area contributed by atoms with Crippen molar-refractivity contribution in [3.63, 3.8) is 0 Å². The molecule has 2 aromatic carbocycles. The van der Waals surface area contributed by atoms with Gasteiger partial charge >= 0.3 is 6.36 Å². The number of ether oxygens (including phenoxy) is 1. The van der Waals surface area contributed by atoms with E-state index in [1.54, 1.807) is 0 Å². The van der Waals surface area contributed by atoms with Gasteiger partial charge in [-0.05, 0) is 54.8 Å². The molecule has 1 amide bonds. The second-order valence-corrected chi connectivity index (χ2v) is 5.98. The average Bonchev–Trinajstić information content (AvgIpc) is 3.37. The molecule has 0 radical (unpaired) electrons. The van der Waals surface area contributed by atoms with Gasteiger partial charge < -0.3 is 15.4 Å². The minimum absolute atomic E-state index is 0.134. The van der Waals surface area contributed by atoms with Crippen LogP contribution in [0.1, 0.15) is 24.4 Å². The number of carbonyl (C=O) groups is 1. The third-order valence-electron chi connectivity index (χ3n) is 3.79. The quantitative estimate of drug-likeness (QED) is 0.753. The summed E-state index contributed by atoms with van der Waals surface area (Å²) in [6, 6.07) is 9.85. The van der Waals surface area contributed by atoms with Crippen molar-refractivity contribution >= 4 is 11.6 Å². The first kappa shape index (κ1) is 18.0. The SMILES string of the molecule is O=C(NC1CC1)[C@@H](Nc1ccc(OC(F)(F)F)cc1)c1ccc(F)cc1. The van der Waals surface area contributed by atoms with Crippen molar-refractivity contribution in [3.8, 4) is 5.75 Å². The molecule has 0 heterocycles. The molecular weight excluding hydrogens is 352 g/mol. The number of hydrogen-bond acceptors (Lipinski definition) is 3. The lowest BCUT2D eigenvalue weighted by Crippen LogP contribution is -2.34. The van der Waals surface area contributed by atoms with Crippen LogP contribution in [0.15, 0.2) is 48.5 Å². The number of rotatable bonds is 6. The Hall–Kier alpha value is -2.77. The van der Waals surface area contributed by atoms with E-state index in [9.17, 15) is 22.4 Å². The topological polar surface area (TPSA) is 50.4 Å². The van der Waals surface area contributed by atoms with E-state index in [2.05, 4.69) is 15.4 Å². The van der Waals surface area contributed by atoms with Crippen LogP contribution in [0.5, 0.6) is 5.75 Å². The van der Waals surface area contributed by atoms with Gasteiger partial charge in [0.25, 0.3) is 0 Å². The number of carbonyl (C=O) groups excluding carboxylic acids is 1. The average molecular weight is 368 g/mol. The highest BCUT2D eigenvalue weighted by molar-refractivity contribution is 5.86. The van der Waals surface area contributed by atoms with Crippen molar-refractivity contribution in [1.82, 2.24) is 5.32 Å². The lowest BCUT2D eigenvalue weighted by atomic mass is 10.1. The van der Waals surface area contributed by atoms with Gasteiger partial charge in [-0.3, -0.25) is 4.79 Å². The molecule has 1 saturated carbocycles. The second kappa shape index (κ2) is 7.23. The minimum Gasteiger partial charge on any atom is -0.406 e. The van der Waals surface area contributed by atoms with Gasteiger partial charge in [0.2, 0.25) is 5.91 Å². The van der Waals surface area contributed by atoms with Crippen LogP contribution in [0.2, 0.25) is 0 Å². The smallest absolute Gasteiger partial charge is 0.406 e. The van der Waals surface area contributed by atoms with Gasteiger partial charge in [0.05, 0.1) is 0 Å². The number of amides is 1. The first-order valence-electron chi connectivity index (χ1n) is 7.98. The molecule has 0 aliphatic heterocycles. The number of nitrogens with one attached hydrogen (secondary N) is 2. The summed E-state index contributed by atoms with van der Waals surface area (Å²) in [5, 5.41) is 5.83. The van der Waals surface area contributed by atoms with E-state index in [-0.39, 0.29) is 17.7 Å². The lowest BCUT2D eigenvalue weighted by molar-refractivity contribution is -0.274. The van der Waals surface area contributed by atoms with Crippen LogP contribution >= 0.6 is 0 Å². The molecule has 0 aromatic heterocycles. The molecule has 1 atom stereocenters. The molecule has 4 nitrogen and oxygen atoms in total. The number of anilines is 1. The fourth-order valence-corrected chi connectivity index (χ4v) is 2.39. The summed E-state index contributed by atoms with van der Waals surface area (Å²) in [7, 11) is 0. The summed E-state index contributed by atoms with van der Waals surface area (Å²) in [5.74, 6) is -1.07. The molecule has 0 saturated heterocycles. The van der Waals surface area contributed by atoms with Crippen LogP contribution in [-0.2, 0) is 4.79 Å². The normalized spacial score (nSPS) is 15.2. The first-order chi connectivity index (χ1) is 12.3. The molecule has 0 unspecified atom stereocenters. The predicted octanol–water partition coefficient (Wildman–Crippen LogP) is 4.16. The fraction of sp³-hybridized carbons (Fsp3) is 0.278. The van der Waals surface area contributed by atoms with E-state index < -0.39 is 18.2 Å². The monoisotopic (exact) mass is 368 g/mol. The van der Waals surface area contributed by atoms with Crippen LogP contribution < -0.4 is 15.4 Å². The molecule has 138 valence electrons. The molecule has 1 fully saturated rings. The predicted molar refractivity (Wildman–Crippen MR) is 87.1 cm³/mol. The van der Waals surface area contributed by atoms with Gasteiger partial charge in [-0.25, -0.2) is 4.39 Å². The molecule has 2 N–H and O–H groups in total. The molecule has 1 aliphatic rings. The molecule has 0 bridgehead atoms. The Bertz CT molecular complexity index is 756. The van der Waals surface area contributed by atoms with Gasteiger partial charge in [0.15, 0.2) is 0 Å². The zero-order valence-corrected chi connectivity index (χ0v) is 13.5. The van der Waals surface area contributed by atoms with E-state index in [1.807, 2.05) is 0 Å². The van der Waals surface area contributed by atoms with E-state index in [4.69, 9.17) is 0 Å². The van der Waals surface area contributed by atoms with Crippen LogP contribution in [0.25, 0.3) is 0 Å². The summed E-state index contributed by atoms with van der Waals surface area (Å²) < 4.78 is 53.6. The van der Waals surface area contributed by atoms with Crippen molar-refractivity contribution in [2.24, 2.45) is 0 Å². The Labute approximate surface area is 147 Å². The maximum Gasteiger partial charge on any atom is 0.573 e. The summed E-state index contributed by atoms with van der Waals surface area (Å²) in [5.41, 5.74) is 0.972. The second-order valence-electron chi connectivity index (χ2n) is 5.98. The third-order valence-corrected chi connectivity index (χ3v) is 3.79. The maximum absolute atomic E-state index is 13.2. The van der Waals surface area contributed by atoms with Gasteiger partial charge in [0, 0.05) is 11.7 Å². The Morgan fingerprint density at radius 3 is 2.19 bits per heavy atom. The Morgan fingerprint density at radius 1 is 1.04 bits per heavy atom. The largest absolute Gasteiger partial charge is 0.573 e. The number of alkyl halides is 3.